The third kappa shape index (κ3) is 3.47. The zero-order chi connectivity index (χ0) is 23.3. The summed E-state index contributed by atoms with van der Waals surface area (Å²) in [6, 6.07) is 19.4. The van der Waals surface area contributed by atoms with Crippen molar-refractivity contribution >= 4 is 21.9 Å². The van der Waals surface area contributed by atoms with Crippen molar-refractivity contribution in [1.82, 2.24) is 9.55 Å². The summed E-state index contributed by atoms with van der Waals surface area (Å²) in [5.74, 6) is 2.05. The Morgan fingerprint density at radius 2 is 1.42 bits per heavy atom. The molecule has 0 saturated heterocycles. The van der Waals surface area contributed by atoms with E-state index in [2.05, 4.69) is 101 Å². The zero-order valence-electron chi connectivity index (χ0n) is 20.4. The number of furan rings is 1. The van der Waals surface area contributed by atoms with E-state index in [-0.39, 0.29) is 0 Å². The summed E-state index contributed by atoms with van der Waals surface area (Å²) >= 11 is 0. The number of hydrogen-bond donors (Lipinski definition) is 0. The lowest BCUT2D eigenvalue weighted by Crippen LogP contribution is -2.05. The van der Waals surface area contributed by atoms with Crippen LogP contribution in [0.25, 0.3) is 39.0 Å². The molecule has 0 atom stereocenters. The minimum atomic E-state index is 0.353. The summed E-state index contributed by atoms with van der Waals surface area (Å²) in [6.45, 7) is 13.5. The molecule has 2 heterocycles. The lowest BCUT2D eigenvalue weighted by molar-refractivity contribution is 0.645. The predicted molar refractivity (Wildman–Crippen MR) is 139 cm³/mol. The fourth-order valence-corrected chi connectivity index (χ4v) is 4.89. The van der Waals surface area contributed by atoms with Gasteiger partial charge in [-0.3, -0.25) is 4.57 Å². The Balaban J connectivity index is 1.97. The quantitative estimate of drug-likeness (QED) is 0.275. The number of rotatable bonds is 5. The molecule has 2 aromatic heterocycles. The Morgan fingerprint density at radius 1 is 0.727 bits per heavy atom. The van der Waals surface area contributed by atoms with E-state index in [0.29, 0.717) is 17.8 Å². The molecule has 33 heavy (non-hydrogen) atoms. The maximum Gasteiger partial charge on any atom is 0.144 e. The van der Waals surface area contributed by atoms with Crippen molar-refractivity contribution in [2.75, 3.05) is 0 Å². The standard InChI is InChI=1S/C30H32N2O/c1-18(2)22-13-10-14-23-26-27(32-16-15-31-30(32)21-11-8-7-9-12-21)24(19(3)4)17-25(20(5)6)29(26)33-28(22)23/h7-20H,1-6H3. The SMILES string of the molecule is CC(C)c1cc(C(C)C)c2oc3c(C(C)C)cccc3c2c1-n1ccnc1-c1ccccc1. The summed E-state index contributed by atoms with van der Waals surface area (Å²) in [6.07, 6.45) is 3.99. The van der Waals surface area contributed by atoms with Crippen molar-refractivity contribution in [3.05, 3.63) is 83.7 Å². The molecule has 0 N–H and O–H groups in total. The second kappa shape index (κ2) is 8.22. The summed E-state index contributed by atoms with van der Waals surface area (Å²) in [5, 5.41) is 2.38. The fraction of sp³-hybridized carbons (Fsp3) is 0.300. The molecule has 0 aliphatic rings. The summed E-state index contributed by atoms with van der Waals surface area (Å²) in [4.78, 5) is 4.77. The van der Waals surface area contributed by atoms with Crippen molar-refractivity contribution < 1.29 is 4.42 Å². The van der Waals surface area contributed by atoms with Gasteiger partial charge in [-0.05, 0) is 40.5 Å². The molecule has 0 aliphatic carbocycles. The summed E-state index contributed by atoms with van der Waals surface area (Å²) in [7, 11) is 0. The highest BCUT2D eigenvalue weighted by Crippen LogP contribution is 2.44. The van der Waals surface area contributed by atoms with Crippen LogP contribution in [0.2, 0.25) is 0 Å². The highest BCUT2D eigenvalue weighted by Gasteiger charge is 2.25. The monoisotopic (exact) mass is 436 g/mol. The van der Waals surface area contributed by atoms with Crippen LogP contribution in [0.3, 0.4) is 0 Å². The summed E-state index contributed by atoms with van der Waals surface area (Å²) < 4.78 is 8.98. The first-order valence-corrected chi connectivity index (χ1v) is 12.0. The average Bonchev–Trinajstić information content (AvgIpc) is 3.43. The average molecular weight is 437 g/mol. The third-order valence-electron chi connectivity index (χ3n) is 6.61. The molecule has 0 saturated carbocycles. The number of fused-ring (bicyclic) bond motifs is 3. The van der Waals surface area contributed by atoms with Crippen LogP contribution in [0.15, 0.2) is 71.4 Å². The number of nitrogens with zero attached hydrogens (tertiary/aromatic N) is 2. The van der Waals surface area contributed by atoms with E-state index in [0.717, 1.165) is 22.6 Å². The maximum absolute atomic E-state index is 6.72. The van der Waals surface area contributed by atoms with Crippen molar-refractivity contribution in [1.29, 1.82) is 0 Å². The first kappa shape index (κ1) is 21.5. The molecule has 0 fully saturated rings. The van der Waals surface area contributed by atoms with Gasteiger partial charge in [0.25, 0.3) is 0 Å². The lowest BCUT2D eigenvalue weighted by Gasteiger charge is -2.20. The van der Waals surface area contributed by atoms with Gasteiger partial charge in [0.1, 0.15) is 17.0 Å². The zero-order valence-corrected chi connectivity index (χ0v) is 20.4. The Labute approximate surface area is 196 Å². The molecule has 0 spiro atoms. The fourth-order valence-electron chi connectivity index (χ4n) is 4.89. The largest absolute Gasteiger partial charge is 0.455 e. The minimum absolute atomic E-state index is 0.353. The molecular formula is C30H32N2O. The lowest BCUT2D eigenvalue weighted by atomic mass is 9.90. The van der Waals surface area contributed by atoms with Gasteiger partial charge in [-0.1, -0.05) is 90.1 Å². The van der Waals surface area contributed by atoms with Crippen LogP contribution in [-0.2, 0) is 0 Å². The van der Waals surface area contributed by atoms with E-state index in [9.17, 15) is 0 Å². The predicted octanol–water partition coefficient (Wildman–Crippen LogP) is 8.81. The molecule has 0 radical (unpaired) electrons. The molecule has 5 rings (SSSR count). The molecule has 3 nitrogen and oxygen atoms in total. The second-order valence-corrected chi connectivity index (χ2v) is 9.88. The smallest absolute Gasteiger partial charge is 0.144 e. The third-order valence-corrected chi connectivity index (χ3v) is 6.61. The van der Waals surface area contributed by atoms with E-state index in [1.54, 1.807) is 0 Å². The Morgan fingerprint density at radius 3 is 2.09 bits per heavy atom. The molecule has 168 valence electrons. The van der Waals surface area contributed by atoms with Crippen molar-refractivity contribution in [3.63, 3.8) is 0 Å². The van der Waals surface area contributed by atoms with Gasteiger partial charge in [-0.2, -0.15) is 0 Å². The van der Waals surface area contributed by atoms with Crippen molar-refractivity contribution in [2.24, 2.45) is 0 Å². The molecule has 0 aliphatic heterocycles. The Kier molecular flexibility index (Phi) is 5.36. The highest BCUT2D eigenvalue weighted by atomic mass is 16.3. The Bertz CT molecular complexity index is 1440. The van der Waals surface area contributed by atoms with Gasteiger partial charge < -0.3 is 4.42 Å². The molecule has 0 bridgehead atoms. The van der Waals surface area contributed by atoms with Gasteiger partial charge in [0, 0.05) is 23.3 Å². The first-order chi connectivity index (χ1) is 15.9. The highest BCUT2D eigenvalue weighted by molar-refractivity contribution is 6.12. The van der Waals surface area contributed by atoms with Crippen molar-refractivity contribution in [3.8, 4) is 17.1 Å². The van der Waals surface area contributed by atoms with Crippen LogP contribution in [0, 0.1) is 0 Å². The second-order valence-electron chi connectivity index (χ2n) is 9.88. The number of benzene rings is 3. The normalized spacial score (nSPS) is 12.2. The van der Waals surface area contributed by atoms with E-state index >= 15 is 0 Å². The van der Waals surface area contributed by atoms with Gasteiger partial charge >= 0.3 is 0 Å². The van der Waals surface area contributed by atoms with Crippen LogP contribution in [0.1, 0.15) is 76.0 Å². The van der Waals surface area contributed by atoms with Crippen LogP contribution < -0.4 is 0 Å². The molecule has 3 aromatic carbocycles. The van der Waals surface area contributed by atoms with E-state index < -0.39 is 0 Å². The van der Waals surface area contributed by atoms with Crippen LogP contribution >= 0.6 is 0 Å². The van der Waals surface area contributed by atoms with Gasteiger partial charge in [0.2, 0.25) is 0 Å². The van der Waals surface area contributed by atoms with E-state index in [1.165, 1.54) is 33.2 Å². The van der Waals surface area contributed by atoms with Gasteiger partial charge in [-0.25, -0.2) is 4.98 Å². The molecule has 5 aromatic rings. The van der Waals surface area contributed by atoms with Crippen LogP contribution in [0.4, 0.5) is 0 Å². The van der Waals surface area contributed by atoms with E-state index in [1.807, 2.05) is 12.3 Å². The Hall–Kier alpha value is -3.33. The number of aromatic nitrogens is 2. The number of para-hydroxylation sites is 1. The van der Waals surface area contributed by atoms with E-state index in [4.69, 9.17) is 9.40 Å². The van der Waals surface area contributed by atoms with Crippen molar-refractivity contribution in [2.45, 2.75) is 59.3 Å². The van der Waals surface area contributed by atoms with Crippen LogP contribution in [0.5, 0.6) is 0 Å². The maximum atomic E-state index is 6.72. The molecule has 3 heteroatoms. The molecular weight excluding hydrogens is 404 g/mol. The summed E-state index contributed by atoms with van der Waals surface area (Å²) in [5.41, 5.74) is 8.13. The topological polar surface area (TPSA) is 31.0 Å². The van der Waals surface area contributed by atoms with Gasteiger partial charge in [-0.15, -0.1) is 0 Å². The van der Waals surface area contributed by atoms with Gasteiger partial charge in [0.15, 0.2) is 0 Å². The number of imidazole rings is 1. The van der Waals surface area contributed by atoms with Gasteiger partial charge in [0.05, 0.1) is 11.1 Å². The first-order valence-electron chi connectivity index (χ1n) is 12.0. The number of hydrogen-bond acceptors (Lipinski definition) is 2. The van der Waals surface area contributed by atoms with Crippen LogP contribution in [-0.4, -0.2) is 9.55 Å². The minimum Gasteiger partial charge on any atom is -0.455 e. The molecule has 0 unspecified atom stereocenters. The molecule has 0 amide bonds.